The van der Waals surface area contributed by atoms with Crippen molar-refractivity contribution < 1.29 is 38.4 Å². The maximum atomic E-state index is 13.0. The summed E-state index contributed by atoms with van der Waals surface area (Å²) in [5, 5.41) is 25.8. The third-order valence-electron chi connectivity index (χ3n) is 9.93. The van der Waals surface area contributed by atoms with E-state index in [2.05, 4.69) is 22.1 Å². The third-order valence-corrected chi connectivity index (χ3v) is 9.93. The number of rotatable bonds is 18. The number of unbranched alkanes of at least 4 members (excludes halogenated alkanes) is 3. The van der Waals surface area contributed by atoms with Crippen molar-refractivity contribution in [1.82, 2.24) is 0 Å². The van der Waals surface area contributed by atoms with Crippen LogP contribution >= 0.6 is 0 Å². The van der Waals surface area contributed by atoms with E-state index in [0.29, 0.717) is 75.9 Å². The number of anilines is 1. The van der Waals surface area contributed by atoms with Crippen molar-refractivity contribution in [3.63, 3.8) is 0 Å². The number of nitrogens with one attached hydrogen (secondary N) is 1. The molecule has 0 aromatic heterocycles. The summed E-state index contributed by atoms with van der Waals surface area (Å²) in [5.41, 5.74) is 4.34. The highest BCUT2D eigenvalue weighted by molar-refractivity contribution is 6.01. The number of aromatic hydroxyl groups is 1. The monoisotopic (exact) mass is 827 g/mol. The van der Waals surface area contributed by atoms with Gasteiger partial charge in [-0.05, 0) is 123 Å². The van der Waals surface area contributed by atoms with Crippen molar-refractivity contribution in [3.05, 3.63) is 174 Å². The molecule has 0 aliphatic rings. The number of carbonyl (C=O) groups excluding carboxylic acids is 3. The lowest BCUT2D eigenvalue weighted by molar-refractivity contribution is -0.139. The number of nitrogens with zero attached hydrogens (tertiary/aromatic N) is 2. The molecule has 312 valence electrons. The fourth-order valence-electron chi connectivity index (χ4n) is 6.57. The Labute approximate surface area is 359 Å². The number of ether oxygens (including phenoxy) is 4. The average Bonchev–Trinajstić information content (AvgIpc) is 3.29. The molecule has 0 radical (unpaired) electrons. The lowest BCUT2D eigenvalue weighted by Gasteiger charge is -2.12. The van der Waals surface area contributed by atoms with Crippen molar-refractivity contribution in [3.8, 4) is 23.0 Å². The molecule has 0 unspecified atom stereocenters. The molecule has 0 saturated heterocycles. The molecular formula is C51H45N3O8. The highest BCUT2D eigenvalue weighted by Gasteiger charge is 2.14. The van der Waals surface area contributed by atoms with Crippen molar-refractivity contribution in [2.24, 2.45) is 10.2 Å². The molecule has 7 aromatic rings. The Morgan fingerprint density at radius 2 is 1.23 bits per heavy atom. The molecular weight excluding hydrogens is 783 g/mol. The minimum atomic E-state index is -0.527. The molecule has 7 aromatic carbocycles. The molecule has 0 bridgehead atoms. The summed E-state index contributed by atoms with van der Waals surface area (Å²) in [5.74, 6) is 0.239. The number of phenols is 1. The molecule has 2 N–H and O–H groups in total. The van der Waals surface area contributed by atoms with Gasteiger partial charge >= 0.3 is 17.9 Å². The van der Waals surface area contributed by atoms with Crippen LogP contribution in [0.2, 0.25) is 0 Å². The van der Waals surface area contributed by atoms with Crippen LogP contribution in [-0.4, -0.2) is 36.2 Å². The van der Waals surface area contributed by atoms with Gasteiger partial charge in [0.25, 0.3) is 0 Å². The van der Waals surface area contributed by atoms with Crippen molar-refractivity contribution in [2.75, 3.05) is 18.5 Å². The summed E-state index contributed by atoms with van der Waals surface area (Å²) in [6, 6.07) is 43.0. The first kappa shape index (κ1) is 42.3. The molecule has 7 rings (SSSR count). The van der Waals surface area contributed by atoms with Gasteiger partial charge in [-0.15, -0.1) is 5.11 Å². The number of hydrogen-bond acceptors (Lipinski definition) is 11. The zero-order chi connectivity index (χ0) is 43.3. The predicted molar refractivity (Wildman–Crippen MR) is 240 cm³/mol. The minimum absolute atomic E-state index is 0.115. The number of benzene rings is 7. The van der Waals surface area contributed by atoms with Crippen LogP contribution in [-0.2, 0) is 16.1 Å². The van der Waals surface area contributed by atoms with E-state index in [1.165, 1.54) is 0 Å². The second kappa shape index (κ2) is 20.5. The van der Waals surface area contributed by atoms with Crippen LogP contribution in [0.4, 0.5) is 17.1 Å². The fourth-order valence-corrected chi connectivity index (χ4v) is 6.57. The van der Waals surface area contributed by atoms with Crippen LogP contribution in [0.3, 0.4) is 0 Å². The van der Waals surface area contributed by atoms with E-state index in [1.54, 1.807) is 104 Å². The standard InChI is InChI=1S/C51H45N3O8/c1-34(2)49(56)60-32-8-4-3-7-31-59-39-27-21-37(22-28-39)50(57)61-40-25-17-35(18-26-40)33-52-45-29-30-46(42-12-6-5-11-41(42)45)54-53-38-23-19-36(20-24-38)51(58)62-48-16-10-13-43-44(48)14-9-15-47(43)55/h5-6,9-30,52,55H,1,3-4,7-8,31-33H2,2H3. The normalized spacial score (nSPS) is 11.0. The number of hydrogen-bond donors (Lipinski definition) is 2. The zero-order valence-electron chi connectivity index (χ0n) is 34.2. The molecule has 0 saturated carbocycles. The Hall–Kier alpha value is -7.79. The summed E-state index contributed by atoms with van der Waals surface area (Å²) in [6.07, 6.45) is 3.55. The second-order valence-corrected chi connectivity index (χ2v) is 14.5. The summed E-state index contributed by atoms with van der Waals surface area (Å²) >= 11 is 0. The fraction of sp³-hybridized carbons (Fsp3) is 0.157. The van der Waals surface area contributed by atoms with E-state index in [9.17, 15) is 19.5 Å². The lowest BCUT2D eigenvalue weighted by atomic mass is 10.1. The van der Waals surface area contributed by atoms with Crippen molar-refractivity contribution in [2.45, 2.75) is 39.2 Å². The van der Waals surface area contributed by atoms with E-state index in [1.807, 2.05) is 48.5 Å². The first-order valence-electron chi connectivity index (χ1n) is 20.3. The van der Waals surface area contributed by atoms with Gasteiger partial charge in [-0.2, -0.15) is 5.11 Å². The number of phenolic OH excluding ortho intramolecular Hbond substituents is 1. The third kappa shape index (κ3) is 11.1. The predicted octanol–water partition coefficient (Wildman–Crippen LogP) is 12.2. The summed E-state index contributed by atoms with van der Waals surface area (Å²) < 4.78 is 22.2. The van der Waals surface area contributed by atoms with Gasteiger partial charge in [-0.1, -0.05) is 67.2 Å². The van der Waals surface area contributed by atoms with E-state index < -0.39 is 11.9 Å². The Balaban J connectivity index is 0.877. The maximum Gasteiger partial charge on any atom is 0.343 e. The Morgan fingerprint density at radius 3 is 1.97 bits per heavy atom. The first-order valence-corrected chi connectivity index (χ1v) is 20.3. The number of esters is 3. The van der Waals surface area contributed by atoms with Crippen LogP contribution in [0.5, 0.6) is 23.0 Å². The molecule has 0 atom stereocenters. The summed E-state index contributed by atoms with van der Waals surface area (Å²) in [4.78, 5) is 37.2. The molecule has 0 aliphatic heterocycles. The zero-order valence-corrected chi connectivity index (χ0v) is 34.2. The summed E-state index contributed by atoms with van der Waals surface area (Å²) in [6.45, 7) is 6.68. The SMILES string of the molecule is C=C(C)C(=O)OCCCCCCOc1ccc(C(=O)Oc2ccc(CNc3ccc(N=Nc4ccc(C(=O)Oc5cccc6c(O)cccc56)cc4)c4ccccc34)cc2)cc1. The van der Waals surface area contributed by atoms with Gasteiger partial charge in [0.1, 0.15) is 23.0 Å². The molecule has 11 nitrogen and oxygen atoms in total. The Kier molecular flexibility index (Phi) is 14.0. The van der Waals surface area contributed by atoms with Crippen LogP contribution in [0.1, 0.15) is 58.9 Å². The average molecular weight is 828 g/mol. The van der Waals surface area contributed by atoms with Crippen LogP contribution in [0, 0.1) is 0 Å². The lowest BCUT2D eigenvalue weighted by Crippen LogP contribution is -2.08. The summed E-state index contributed by atoms with van der Waals surface area (Å²) in [7, 11) is 0. The van der Waals surface area contributed by atoms with Gasteiger partial charge < -0.3 is 29.4 Å². The van der Waals surface area contributed by atoms with Crippen LogP contribution in [0.15, 0.2) is 168 Å². The molecule has 0 fully saturated rings. The van der Waals surface area contributed by atoms with Gasteiger partial charge in [-0.3, -0.25) is 0 Å². The van der Waals surface area contributed by atoms with Crippen molar-refractivity contribution in [1.29, 1.82) is 0 Å². The Bertz CT molecular complexity index is 2730. The van der Waals surface area contributed by atoms with E-state index >= 15 is 0 Å². The highest BCUT2D eigenvalue weighted by atomic mass is 16.5. The van der Waals surface area contributed by atoms with Gasteiger partial charge in [0.2, 0.25) is 0 Å². The van der Waals surface area contributed by atoms with E-state index in [-0.39, 0.29) is 11.7 Å². The first-order chi connectivity index (χ1) is 30.2. The molecule has 0 aliphatic carbocycles. The van der Waals surface area contributed by atoms with Crippen molar-refractivity contribution >= 4 is 56.5 Å². The largest absolute Gasteiger partial charge is 0.507 e. The molecule has 0 amide bonds. The van der Waals surface area contributed by atoms with E-state index in [4.69, 9.17) is 18.9 Å². The van der Waals surface area contributed by atoms with E-state index in [0.717, 1.165) is 47.7 Å². The molecule has 11 heteroatoms. The smallest absolute Gasteiger partial charge is 0.343 e. The topological polar surface area (TPSA) is 145 Å². The highest BCUT2D eigenvalue weighted by Crippen LogP contribution is 2.34. The van der Waals surface area contributed by atoms with Gasteiger partial charge in [0, 0.05) is 39.4 Å². The number of azo groups is 1. The minimum Gasteiger partial charge on any atom is -0.507 e. The Morgan fingerprint density at radius 1 is 0.597 bits per heavy atom. The second-order valence-electron chi connectivity index (χ2n) is 14.5. The quantitative estimate of drug-likeness (QED) is 0.0284. The maximum absolute atomic E-state index is 13.0. The molecule has 0 spiro atoms. The van der Waals surface area contributed by atoms with Gasteiger partial charge in [0.05, 0.1) is 35.7 Å². The van der Waals surface area contributed by atoms with Crippen LogP contribution < -0.4 is 19.5 Å². The van der Waals surface area contributed by atoms with Crippen LogP contribution in [0.25, 0.3) is 21.5 Å². The number of fused-ring (bicyclic) bond motifs is 2. The number of carbonyl (C=O) groups is 3. The van der Waals surface area contributed by atoms with Gasteiger partial charge in [-0.25, -0.2) is 14.4 Å². The van der Waals surface area contributed by atoms with Gasteiger partial charge in [0.15, 0.2) is 0 Å². The molecule has 0 heterocycles. The molecule has 62 heavy (non-hydrogen) atoms.